The van der Waals surface area contributed by atoms with E-state index in [1.807, 2.05) is 19.1 Å². The van der Waals surface area contributed by atoms with E-state index in [2.05, 4.69) is 5.32 Å². The van der Waals surface area contributed by atoms with Crippen molar-refractivity contribution in [3.05, 3.63) is 45.1 Å². The number of nitrogen functional groups attached to an aromatic ring is 1. The molecule has 0 saturated heterocycles. The van der Waals surface area contributed by atoms with Crippen LogP contribution in [0.3, 0.4) is 0 Å². The van der Waals surface area contributed by atoms with E-state index in [9.17, 15) is 4.79 Å². The van der Waals surface area contributed by atoms with Crippen molar-refractivity contribution >= 4 is 40.2 Å². The Labute approximate surface area is 133 Å². The van der Waals surface area contributed by atoms with Crippen molar-refractivity contribution < 1.29 is 4.79 Å². The molecule has 1 heterocycles. The standard InChI is InChI=1S/C15H18ClN3OS/c1-9(13-6-7-14(16)21-13)18-12-8-10(4-5-11(12)17)15(20)19(2)3/h4-9,18H,17H2,1-3H3. The molecule has 1 amide bonds. The van der Waals surface area contributed by atoms with Crippen LogP contribution >= 0.6 is 22.9 Å². The van der Waals surface area contributed by atoms with Crippen molar-refractivity contribution in [3.8, 4) is 0 Å². The summed E-state index contributed by atoms with van der Waals surface area (Å²) in [5.41, 5.74) is 7.95. The minimum atomic E-state index is -0.0510. The molecule has 1 aromatic carbocycles. The lowest BCUT2D eigenvalue weighted by Gasteiger charge is -2.17. The fourth-order valence-electron chi connectivity index (χ4n) is 1.94. The van der Waals surface area contributed by atoms with Gasteiger partial charge in [0.25, 0.3) is 5.91 Å². The second-order valence-corrected chi connectivity index (χ2v) is 6.76. The molecule has 21 heavy (non-hydrogen) atoms. The average molecular weight is 324 g/mol. The summed E-state index contributed by atoms with van der Waals surface area (Å²) in [6.45, 7) is 2.03. The lowest BCUT2D eigenvalue weighted by molar-refractivity contribution is 0.0827. The molecule has 112 valence electrons. The molecule has 1 atom stereocenters. The number of hydrogen-bond acceptors (Lipinski definition) is 4. The Morgan fingerprint density at radius 2 is 2.05 bits per heavy atom. The Morgan fingerprint density at radius 1 is 1.33 bits per heavy atom. The summed E-state index contributed by atoms with van der Waals surface area (Å²) >= 11 is 7.48. The van der Waals surface area contributed by atoms with Gasteiger partial charge >= 0.3 is 0 Å². The van der Waals surface area contributed by atoms with Gasteiger partial charge in [0.05, 0.1) is 21.8 Å². The van der Waals surface area contributed by atoms with Crippen LogP contribution in [0, 0.1) is 0 Å². The molecule has 4 nitrogen and oxygen atoms in total. The van der Waals surface area contributed by atoms with Gasteiger partial charge in [-0.25, -0.2) is 0 Å². The molecule has 1 aromatic heterocycles. The molecule has 0 saturated carbocycles. The molecular formula is C15H18ClN3OS. The maximum Gasteiger partial charge on any atom is 0.253 e. The largest absolute Gasteiger partial charge is 0.397 e. The van der Waals surface area contributed by atoms with Gasteiger partial charge in [-0.2, -0.15) is 0 Å². The topological polar surface area (TPSA) is 58.4 Å². The van der Waals surface area contributed by atoms with Gasteiger partial charge in [-0.1, -0.05) is 11.6 Å². The number of thiophene rings is 1. The fourth-order valence-corrected chi connectivity index (χ4v) is 3.00. The predicted molar refractivity (Wildman–Crippen MR) is 90.2 cm³/mol. The number of nitrogens with zero attached hydrogens (tertiary/aromatic N) is 1. The molecule has 3 N–H and O–H groups in total. The lowest BCUT2D eigenvalue weighted by atomic mass is 10.1. The fraction of sp³-hybridized carbons (Fsp3) is 0.267. The van der Waals surface area contributed by atoms with Gasteiger partial charge in [0.1, 0.15) is 0 Å². The van der Waals surface area contributed by atoms with Crippen LogP contribution < -0.4 is 11.1 Å². The minimum Gasteiger partial charge on any atom is -0.397 e. The van der Waals surface area contributed by atoms with Gasteiger partial charge in [-0.3, -0.25) is 4.79 Å². The molecule has 2 rings (SSSR count). The lowest BCUT2D eigenvalue weighted by Crippen LogP contribution is -2.22. The molecule has 0 aliphatic rings. The molecule has 0 bridgehead atoms. The van der Waals surface area contributed by atoms with E-state index in [1.54, 1.807) is 32.3 Å². The minimum absolute atomic E-state index is 0.0510. The molecule has 0 fully saturated rings. The van der Waals surface area contributed by atoms with Crippen molar-refractivity contribution in [2.24, 2.45) is 0 Å². The highest BCUT2D eigenvalue weighted by Crippen LogP contribution is 2.31. The maximum absolute atomic E-state index is 12.0. The van der Waals surface area contributed by atoms with Crippen LogP contribution in [0.15, 0.2) is 30.3 Å². The van der Waals surface area contributed by atoms with Crippen LogP contribution in [0.5, 0.6) is 0 Å². The van der Waals surface area contributed by atoms with Crippen molar-refractivity contribution in [2.45, 2.75) is 13.0 Å². The Bertz CT molecular complexity index is 654. The zero-order valence-electron chi connectivity index (χ0n) is 12.2. The summed E-state index contributed by atoms with van der Waals surface area (Å²) in [4.78, 5) is 14.7. The summed E-state index contributed by atoms with van der Waals surface area (Å²) in [6.07, 6.45) is 0. The molecule has 0 aliphatic heterocycles. The van der Waals surface area contributed by atoms with Gasteiger partial charge in [0, 0.05) is 24.5 Å². The number of nitrogens with one attached hydrogen (secondary N) is 1. The summed E-state index contributed by atoms with van der Waals surface area (Å²) in [7, 11) is 3.45. The van der Waals surface area contributed by atoms with E-state index in [0.717, 1.165) is 14.9 Å². The van der Waals surface area contributed by atoms with Gasteiger partial charge in [-0.05, 0) is 37.3 Å². The van der Waals surface area contributed by atoms with E-state index in [0.29, 0.717) is 11.3 Å². The number of amides is 1. The number of rotatable bonds is 4. The Hall–Kier alpha value is -1.72. The van der Waals surface area contributed by atoms with E-state index in [4.69, 9.17) is 17.3 Å². The van der Waals surface area contributed by atoms with Crippen LogP contribution in [0.25, 0.3) is 0 Å². The first-order valence-corrected chi connectivity index (χ1v) is 7.71. The number of hydrogen-bond donors (Lipinski definition) is 2. The molecule has 6 heteroatoms. The van der Waals surface area contributed by atoms with E-state index >= 15 is 0 Å². The van der Waals surface area contributed by atoms with E-state index < -0.39 is 0 Å². The number of carbonyl (C=O) groups excluding carboxylic acids is 1. The first kappa shape index (κ1) is 15.7. The normalized spacial score (nSPS) is 12.0. The first-order valence-electron chi connectivity index (χ1n) is 6.51. The molecule has 1 unspecified atom stereocenters. The maximum atomic E-state index is 12.0. The summed E-state index contributed by atoms with van der Waals surface area (Å²) in [6, 6.07) is 9.17. The second-order valence-electron chi connectivity index (χ2n) is 5.01. The van der Waals surface area contributed by atoms with Gasteiger partial charge in [0.15, 0.2) is 0 Å². The second kappa shape index (κ2) is 6.37. The third-order valence-corrected chi connectivity index (χ3v) is 4.51. The average Bonchev–Trinajstić information content (AvgIpc) is 2.87. The monoisotopic (exact) mass is 323 g/mol. The number of nitrogens with two attached hydrogens (primary N) is 1. The first-order chi connectivity index (χ1) is 9.88. The van der Waals surface area contributed by atoms with E-state index in [-0.39, 0.29) is 11.9 Å². The van der Waals surface area contributed by atoms with Gasteiger partial charge in [-0.15, -0.1) is 11.3 Å². The van der Waals surface area contributed by atoms with Crippen LogP contribution in [0.4, 0.5) is 11.4 Å². The quantitative estimate of drug-likeness (QED) is 0.840. The van der Waals surface area contributed by atoms with Crippen molar-refractivity contribution in [1.29, 1.82) is 0 Å². The molecular weight excluding hydrogens is 306 g/mol. The number of benzene rings is 1. The van der Waals surface area contributed by atoms with Crippen LogP contribution in [-0.4, -0.2) is 24.9 Å². The Kier molecular flexibility index (Phi) is 4.75. The highest BCUT2D eigenvalue weighted by Gasteiger charge is 2.13. The van der Waals surface area contributed by atoms with Crippen LogP contribution in [0.1, 0.15) is 28.2 Å². The van der Waals surface area contributed by atoms with Crippen molar-refractivity contribution in [2.75, 3.05) is 25.1 Å². The SMILES string of the molecule is CC(Nc1cc(C(=O)N(C)C)ccc1N)c1ccc(Cl)s1. The third kappa shape index (κ3) is 3.68. The van der Waals surface area contributed by atoms with Crippen LogP contribution in [0.2, 0.25) is 4.34 Å². The smallest absolute Gasteiger partial charge is 0.253 e. The van der Waals surface area contributed by atoms with Crippen LogP contribution in [-0.2, 0) is 0 Å². The molecule has 0 spiro atoms. The zero-order valence-corrected chi connectivity index (χ0v) is 13.8. The third-order valence-electron chi connectivity index (χ3n) is 3.10. The van der Waals surface area contributed by atoms with Gasteiger partial charge < -0.3 is 16.0 Å². The number of halogens is 1. The van der Waals surface area contributed by atoms with E-state index in [1.165, 1.54) is 16.2 Å². The van der Waals surface area contributed by atoms with Crippen molar-refractivity contribution in [3.63, 3.8) is 0 Å². The van der Waals surface area contributed by atoms with Gasteiger partial charge in [0.2, 0.25) is 0 Å². The summed E-state index contributed by atoms with van der Waals surface area (Å²) in [5, 5.41) is 3.33. The Morgan fingerprint density at radius 3 is 2.62 bits per heavy atom. The molecule has 2 aromatic rings. The molecule has 0 aliphatic carbocycles. The predicted octanol–water partition coefficient (Wildman–Crippen LogP) is 3.86. The number of carbonyl (C=O) groups is 1. The molecule has 0 radical (unpaired) electrons. The van der Waals surface area contributed by atoms with Crippen molar-refractivity contribution in [1.82, 2.24) is 4.90 Å². The highest BCUT2D eigenvalue weighted by atomic mass is 35.5. The summed E-state index contributed by atoms with van der Waals surface area (Å²) < 4.78 is 0.753. The number of anilines is 2. The summed E-state index contributed by atoms with van der Waals surface area (Å²) in [5.74, 6) is -0.0510. The highest BCUT2D eigenvalue weighted by molar-refractivity contribution is 7.16. The Balaban J connectivity index is 2.23. The zero-order chi connectivity index (χ0) is 15.6.